The summed E-state index contributed by atoms with van der Waals surface area (Å²) >= 11 is 0. The Balaban J connectivity index is 2.05. The monoisotopic (exact) mass is 389 g/mol. The van der Waals surface area contributed by atoms with Crippen molar-refractivity contribution in [3.8, 4) is 0 Å². The number of aromatic nitrogens is 4. The third-order valence-corrected chi connectivity index (χ3v) is 4.95. The molecule has 2 aromatic rings. The van der Waals surface area contributed by atoms with Gasteiger partial charge in [0, 0.05) is 18.5 Å². The first kappa shape index (κ1) is 20.5. The van der Waals surface area contributed by atoms with Gasteiger partial charge in [0.2, 0.25) is 5.91 Å². The van der Waals surface area contributed by atoms with E-state index < -0.39 is 0 Å². The minimum Gasteiger partial charge on any atom is -0.372 e. The lowest BCUT2D eigenvalue weighted by molar-refractivity contribution is -0.144. The van der Waals surface area contributed by atoms with E-state index >= 15 is 0 Å². The van der Waals surface area contributed by atoms with Crippen LogP contribution in [0.2, 0.25) is 0 Å². The van der Waals surface area contributed by atoms with E-state index in [4.69, 9.17) is 4.74 Å². The second-order valence-electron chi connectivity index (χ2n) is 9.05. The first-order valence-corrected chi connectivity index (χ1v) is 9.91. The Morgan fingerprint density at radius 2 is 1.86 bits per heavy atom. The standard InChI is InChI=1S/C20H31N5O3/c1-12(2)17-15-8-21-25(20(5,6)7)18(15)19(27)24(22-17)11-16(26)23-9-13(3)28-14(4)10-23/h8,12-14H,9-11H2,1-7H3. The lowest BCUT2D eigenvalue weighted by Gasteiger charge is -2.35. The first-order valence-electron chi connectivity index (χ1n) is 9.91. The minimum atomic E-state index is -0.354. The van der Waals surface area contributed by atoms with Crippen LogP contribution in [-0.4, -0.2) is 55.7 Å². The molecule has 154 valence electrons. The van der Waals surface area contributed by atoms with Crippen molar-refractivity contribution in [1.29, 1.82) is 0 Å². The quantitative estimate of drug-likeness (QED) is 0.803. The molecule has 1 fully saturated rings. The van der Waals surface area contributed by atoms with Crippen molar-refractivity contribution < 1.29 is 9.53 Å². The third kappa shape index (κ3) is 3.83. The second kappa shape index (κ2) is 7.31. The summed E-state index contributed by atoms with van der Waals surface area (Å²) in [5.74, 6) is -0.0158. The molecule has 28 heavy (non-hydrogen) atoms. The molecule has 1 aliphatic heterocycles. The molecule has 1 amide bonds. The number of hydrogen-bond acceptors (Lipinski definition) is 5. The van der Waals surface area contributed by atoms with Gasteiger partial charge in [0.05, 0.1) is 29.6 Å². The number of nitrogens with zero attached hydrogens (tertiary/aromatic N) is 5. The molecule has 0 saturated carbocycles. The zero-order chi connectivity index (χ0) is 20.8. The summed E-state index contributed by atoms with van der Waals surface area (Å²) in [4.78, 5) is 27.9. The van der Waals surface area contributed by atoms with Gasteiger partial charge in [-0.3, -0.25) is 14.3 Å². The van der Waals surface area contributed by atoms with Gasteiger partial charge in [-0.05, 0) is 40.5 Å². The summed E-state index contributed by atoms with van der Waals surface area (Å²) in [5.41, 5.74) is 0.645. The van der Waals surface area contributed by atoms with Crippen molar-refractivity contribution in [2.45, 2.75) is 78.7 Å². The second-order valence-corrected chi connectivity index (χ2v) is 9.05. The molecule has 2 aromatic heterocycles. The number of rotatable bonds is 3. The number of fused-ring (bicyclic) bond motifs is 1. The minimum absolute atomic E-state index is 0.0200. The third-order valence-electron chi connectivity index (χ3n) is 4.95. The maximum Gasteiger partial charge on any atom is 0.293 e. The molecule has 2 atom stereocenters. The van der Waals surface area contributed by atoms with Crippen LogP contribution in [0.5, 0.6) is 0 Å². The van der Waals surface area contributed by atoms with Gasteiger partial charge in [0.25, 0.3) is 5.56 Å². The lowest BCUT2D eigenvalue weighted by atomic mass is 10.1. The number of carbonyl (C=O) groups is 1. The van der Waals surface area contributed by atoms with Crippen molar-refractivity contribution in [1.82, 2.24) is 24.5 Å². The van der Waals surface area contributed by atoms with Crippen LogP contribution in [-0.2, 0) is 21.6 Å². The largest absolute Gasteiger partial charge is 0.372 e. The Morgan fingerprint density at radius 3 is 2.39 bits per heavy atom. The Labute approximate surface area is 165 Å². The van der Waals surface area contributed by atoms with Gasteiger partial charge in [-0.2, -0.15) is 10.2 Å². The van der Waals surface area contributed by atoms with E-state index in [2.05, 4.69) is 10.2 Å². The van der Waals surface area contributed by atoms with Gasteiger partial charge in [-0.1, -0.05) is 13.8 Å². The summed E-state index contributed by atoms with van der Waals surface area (Å²) in [6.07, 6.45) is 1.67. The molecular weight excluding hydrogens is 358 g/mol. The van der Waals surface area contributed by atoms with Crippen molar-refractivity contribution >= 4 is 16.8 Å². The predicted octanol–water partition coefficient (Wildman–Crippen LogP) is 2.11. The summed E-state index contributed by atoms with van der Waals surface area (Å²) in [6.45, 7) is 14.9. The molecule has 0 spiro atoms. The molecule has 2 unspecified atom stereocenters. The normalized spacial score (nSPS) is 20.9. The molecule has 0 aliphatic carbocycles. The zero-order valence-corrected chi connectivity index (χ0v) is 17.9. The van der Waals surface area contributed by atoms with Crippen LogP contribution in [0.1, 0.15) is 60.1 Å². The van der Waals surface area contributed by atoms with Crippen LogP contribution >= 0.6 is 0 Å². The SMILES string of the molecule is CC1CN(C(=O)Cn2nc(C(C)C)c3cnn(C(C)(C)C)c3c2=O)CC(C)O1. The van der Waals surface area contributed by atoms with Gasteiger partial charge in [0.1, 0.15) is 12.1 Å². The van der Waals surface area contributed by atoms with Crippen LogP contribution < -0.4 is 5.56 Å². The fraction of sp³-hybridized carbons (Fsp3) is 0.700. The highest BCUT2D eigenvalue weighted by molar-refractivity contribution is 5.81. The maximum atomic E-state index is 13.2. The molecule has 0 bridgehead atoms. The molecular formula is C20H31N5O3. The van der Waals surface area contributed by atoms with Crippen molar-refractivity contribution in [2.75, 3.05) is 13.1 Å². The molecule has 8 heteroatoms. The van der Waals surface area contributed by atoms with E-state index in [1.807, 2.05) is 48.5 Å². The number of amides is 1. The van der Waals surface area contributed by atoms with E-state index in [0.29, 0.717) is 18.6 Å². The molecule has 8 nitrogen and oxygen atoms in total. The van der Waals surface area contributed by atoms with Gasteiger partial charge in [-0.15, -0.1) is 0 Å². The number of morpholine rings is 1. The van der Waals surface area contributed by atoms with Crippen molar-refractivity contribution in [3.05, 3.63) is 22.2 Å². The Hall–Kier alpha value is -2.22. The summed E-state index contributed by atoms with van der Waals surface area (Å²) in [6, 6.07) is 0. The van der Waals surface area contributed by atoms with E-state index in [1.54, 1.807) is 15.8 Å². The Morgan fingerprint density at radius 1 is 1.25 bits per heavy atom. The Bertz CT molecular complexity index is 928. The van der Waals surface area contributed by atoms with Crippen molar-refractivity contribution in [2.24, 2.45) is 0 Å². The van der Waals surface area contributed by atoms with Crippen LogP contribution in [0.25, 0.3) is 10.9 Å². The summed E-state index contributed by atoms with van der Waals surface area (Å²) in [5, 5.41) is 9.75. The van der Waals surface area contributed by atoms with Gasteiger partial charge in [-0.25, -0.2) is 4.68 Å². The Kier molecular flexibility index (Phi) is 5.36. The molecule has 0 N–H and O–H groups in total. The highest BCUT2D eigenvalue weighted by atomic mass is 16.5. The highest BCUT2D eigenvalue weighted by Crippen LogP contribution is 2.24. The van der Waals surface area contributed by atoms with E-state index in [1.165, 1.54) is 4.68 Å². The maximum absolute atomic E-state index is 13.2. The molecule has 0 radical (unpaired) electrons. The molecule has 0 aromatic carbocycles. The van der Waals surface area contributed by atoms with Crippen LogP contribution in [0.15, 0.2) is 11.0 Å². The van der Waals surface area contributed by atoms with Crippen molar-refractivity contribution in [3.63, 3.8) is 0 Å². The smallest absolute Gasteiger partial charge is 0.293 e. The number of ether oxygens (including phenoxy) is 1. The van der Waals surface area contributed by atoms with Crippen LogP contribution in [0.3, 0.4) is 0 Å². The van der Waals surface area contributed by atoms with E-state index in [0.717, 1.165) is 11.1 Å². The highest BCUT2D eigenvalue weighted by Gasteiger charge is 2.28. The number of hydrogen-bond donors (Lipinski definition) is 0. The fourth-order valence-electron chi connectivity index (χ4n) is 3.75. The van der Waals surface area contributed by atoms with Gasteiger partial charge < -0.3 is 9.64 Å². The number of carbonyl (C=O) groups excluding carboxylic acids is 1. The molecule has 3 rings (SSSR count). The van der Waals surface area contributed by atoms with Crippen LogP contribution in [0, 0.1) is 0 Å². The molecule has 3 heterocycles. The lowest BCUT2D eigenvalue weighted by Crippen LogP contribution is -2.50. The van der Waals surface area contributed by atoms with E-state index in [-0.39, 0.29) is 41.7 Å². The van der Waals surface area contributed by atoms with Gasteiger partial charge in [0.15, 0.2) is 0 Å². The summed E-state index contributed by atoms with van der Waals surface area (Å²) in [7, 11) is 0. The van der Waals surface area contributed by atoms with Gasteiger partial charge >= 0.3 is 0 Å². The van der Waals surface area contributed by atoms with E-state index in [9.17, 15) is 9.59 Å². The fourth-order valence-corrected chi connectivity index (χ4v) is 3.75. The predicted molar refractivity (Wildman–Crippen MR) is 107 cm³/mol. The summed E-state index contributed by atoms with van der Waals surface area (Å²) < 4.78 is 8.74. The topological polar surface area (TPSA) is 82.3 Å². The molecule has 1 aliphatic rings. The average Bonchev–Trinajstić information content (AvgIpc) is 3.01. The zero-order valence-electron chi connectivity index (χ0n) is 17.9. The average molecular weight is 390 g/mol. The van der Waals surface area contributed by atoms with Crippen LogP contribution in [0.4, 0.5) is 0 Å². The first-order chi connectivity index (χ1) is 13.0. The molecule has 1 saturated heterocycles.